The fourth-order valence-electron chi connectivity index (χ4n) is 3.05. The van der Waals surface area contributed by atoms with Gasteiger partial charge >= 0.3 is 6.36 Å². The predicted octanol–water partition coefficient (Wildman–Crippen LogP) is 5.46. The van der Waals surface area contributed by atoms with Gasteiger partial charge in [0.05, 0.1) is 5.69 Å². The van der Waals surface area contributed by atoms with Crippen molar-refractivity contribution in [2.45, 2.75) is 19.7 Å². The summed E-state index contributed by atoms with van der Waals surface area (Å²) in [4.78, 5) is 11.3. The number of hydrogen-bond donors (Lipinski definition) is 2. The van der Waals surface area contributed by atoms with Crippen LogP contribution < -0.4 is 15.4 Å². The van der Waals surface area contributed by atoms with Crippen LogP contribution in [0.15, 0.2) is 54.6 Å². The summed E-state index contributed by atoms with van der Waals surface area (Å²) in [6.45, 7) is 3.34. The Morgan fingerprint density at radius 2 is 1.75 bits per heavy atom. The number of ether oxygens (including phenoxy) is 1. The van der Waals surface area contributed by atoms with Crippen LogP contribution in [0, 0.1) is 6.92 Å². The molecule has 0 aliphatic rings. The van der Waals surface area contributed by atoms with E-state index in [4.69, 9.17) is 0 Å². The van der Waals surface area contributed by atoms with Gasteiger partial charge < -0.3 is 20.3 Å². The number of anilines is 3. The molecule has 0 unspecified atom stereocenters. The average molecular weight is 445 g/mol. The normalized spacial score (nSPS) is 11.5. The highest BCUT2D eigenvalue weighted by Gasteiger charge is 2.31. The molecule has 2 aromatic carbocycles. The first kappa shape index (κ1) is 23.3. The topological polar surface area (TPSA) is 62.3 Å². The molecule has 0 fully saturated rings. The first-order chi connectivity index (χ1) is 15.2. The molecule has 0 bridgehead atoms. The molecule has 0 radical (unpaired) electrons. The van der Waals surface area contributed by atoms with Gasteiger partial charge in [-0.05, 0) is 57.7 Å². The number of halogens is 3. The van der Waals surface area contributed by atoms with Crippen LogP contribution >= 0.6 is 0 Å². The fraction of sp³-hybridized carbons (Fsp3) is 0.304. The molecule has 1 aromatic heterocycles. The molecule has 170 valence electrons. The number of nitrogens with zero attached hydrogens (tertiary/aromatic N) is 3. The molecule has 0 aliphatic carbocycles. The Hall–Kier alpha value is -3.33. The molecule has 0 saturated heterocycles. The maximum atomic E-state index is 12.5. The van der Waals surface area contributed by atoms with E-state index in [1.165, 1.54) is 18.2 Å². The van der Waals surface area contributed by atoms with Crippen LogP contribution in [0.4, 0.5) is 30.6 Å². The number of nitrogens with one attached hydrogen (secondary N) is 2. The Bertz CT molecular complexity index is 1030. The Balaban J connectivity index is 1.84. The standard InChI is InChI=1S/C23H26F3N5O/c1-16-14-18(32-23(24,25)26)10-11-19(16)28-21-15-20(17-8-5-4-6-9-17)29-22(30-21)27-12-7-13-31(2)3/h4-6,8-11,14-15H,7,12-13H2,1-3H3,(H2,27,28,29,30). The molecule has 2 N–H and O–H groups in total. The van der Waals surface area contributed by atoms with Crippen LogP contribution in [0.5, 0.6) is 5.75 Å². The third kappa shape index (κ3) is 7.12. The second kappa shape index (κ2) is 10.3. The predicted molar refractivity (Wildman–Crippen MR) is 120 cm³/mol. The number of benzene rings is 2. The Morgan fingerprint density at radius 1 is 1.00 bits per heavy atom. The summed E-state index contributed by atoms with van der Waals surface area (Å²) in [7, 11) is 4.03. The summed E-state index contributed by atoms with van der Waals surface area (Å²) >= 11 is 0. The van der Waals surface area contributed by atoms with Gasteiger partial charge in [-0.3, -0.25) is 0 Å². The highest BCUT2D eigenvalue weighted by atomic mass is 19.4. The molecule has 0 atom stereocenters. The molecule has 1 heterocycles. The minimum Gasteiger partial charge on any atom is -0.406 e. The molecule has 6 nitrogen and oxygen atoms in total. The van der Waals surface area contributed by atoms with Crippen LogP contribution in [-0.2, 0) is 0 Å². The minimum absolute atomic E-state index is 0.267. The van der Waals surface area contributed by atoms with E-state index in [-0.39, 0.29) is 5.75 Å². The zero-order valence-corrected chi connectivity index (χ0v) is 18.2. The molecule has 0 amide bonds. The Labute approximate surface area is 185 Å². The van der Waals surface area contributed by atoms with Gasteiger partial charge in [-0.15, -0.1) is 13.2 Å². The minimum atomic E-state index is -4.73. The van der Waals surface area contributed by atoms with Crippen molar-refractivity contribution >= 4 is 17.5 Å². The van der Waals surface area contributed by atoms with Gasteiger partial charge in [-0.2, -0.15) is 4.98 Å². The van der Waals surface area contributed by atoms with Crippen molar-refractivity contribution in [3.8, 4) is 17.0 Å². The number of alkyl halides is 3. The van der Waals surface area contributed by atoms with Gasteiger partial charge in [0, 0.05) is 23.9 Å². The number of rotatable bonds is 9. The van der Waals surface area contributed by atoms with Gasteiger partial charge in [-0.1, -0.05) is 30.3 Å². The molecular formula is C23H26F3N5O. The summed E-state index contributed by atoms with van der Waals surface area (Å²) < 4.78 is 41.4. The number of hydrogen-bond acceptors (Lipinski definition) is 6. The summed E-state index contributed by atoms with van der Waals surface area (Å²) in [6.07, 6.45) is -3.81. The molecule has 0 saturated carbocycles. The molecule has 32 heavy (non-hydrogen) atoms. The monoisotopic (exact) mass is 445 g/mol. The van der Waals surface area contributed by atoms with E-state index >= 15 is 0 Å². The molecular weight excluding hydrogens is 419 g/mol. The van der Waals surface area contributed by atoms with Crippen molar-refractivity contribution < 1.29 is 17.9 Å². The lowest BCUT2D eigenvalue weighted by Gasteiger charge is -2.15. The first-order valence-electron chi connectivity index (χ1n) is 10.2. The smallest absolute Gasteiger partial charge is 0.406 e. The van der Waals surface area contributed by atoms with Crippen molar-refractivity contribution in [1.29, 1.82) is 0 Å². The summed E-state index contributed by atoms with van der Waals surface area (Å²) in [5.41, 5.74) is 2.87. The van der Waals surface area contributed by atoms with Gasteiger partial charge in [0.2, 0.25) is 5.95 Å². The van der Waals surface area contributed by atoms with E-state index in [0.29, 0.717) is 29.6 Å². The second-order valence-corrected chi connectivity index (χ2v) is 7.56. The van der Waals surface area contributed by atoms with Crippen LogP contribution in [0.1, 0.15) is 12.0 Å². The van der Waals surface area contributed by atoms with Crippen molar-refractivity contribution in [3.63, 3.8) is 0 Å². The van der Waals surface area contributed by atoms with E-state index in [9.17, 15) is 13.2 Å². The average Bonchev–Trinajstić information content (AvgIpc) is 2.72. The van der Waals surface area contributed by atoms with Crippen molar-refractivity contribution in [1.82, 2.24) is 14.9 Å². The Morgan fingerprint density at radius 3 is 2.41 bits per heavy atom. The summed E-state index contributed by atoms with van der Waals surface area (Å²) in [5.74, 6) is 0.736. The lowest BCUT2D eigenvalue weighted by molar-refractivity contribution is -0.274. The molecule has 3 aromatic rings. The fourth-order valence-corrected chi connectivity index (χ4v) is 3.05. The Kier molecular flexibility index (Phi) is 7.53. The third-order valence-electron chi connectivity index (χ3n) is 4.56. The maximum Gasteiger partial charge on any atom is 0.573 e. The van der Waals surface area contributed by atoms with E-state index in [0.717, 1.165) is 24.2 Å². The molecule has 0 spiro atoms. The zero-order valence-electron chi connectivity index (χ0n) is 18.2. The van der Waals surface area contributed by atoms with E-state index in [1.54, 1.807) is 13.0 Å². The van der Waals surface area contributed by atoms with Crippen LogP contribution in [0.3, 0.4) is 0 Å². The first-order valence-corrected chi connectivity index (χ1v) is 10.2. The van der Waals surface area contributed by atoms with Crippen LogP contribution in [-0.4, -0.2) is 48.4 Å². The maximum absolute atomic E-state index is 12.5. The second-order valence-electron chi connectivity index (χ2n) is 7.56. The van der Waals surface area contributed by atoms with Gasteiger partial charge in [0.15, 0.2) is 0 Å². The van der Waals surface area contributed by atoms with E-state index in [1.807, 2.05) is 44.4 Å². The zero-order chi connectivity index (χ0) is 23.1. The quantitative estimate of drug-likeness (QED) is 0.427. The molecule has 0 aliphatic heterocycles. The van der Waals surface area contributed by atoms with Crippen LogP contribution in [0.2, 0.25) is 0 Å². The molecule has 9 heteroatoms. The van der Waals surface area contributed by atoms with E-state index < -0.39 is 6.36 Å². The molecule has 3 rings (SSSR count). The van der Waals surface area contributed by atoms with Crippen molar-refractivity contribution in [2.24, 2.45) is 0 Å². The van der Waals surface area contributed by atoms with Gasteiger partial charge in [-0.25, -0.2) is 4.98 Å². The van der Waals surface area contributed by atoms with E-state index in [2.05, 4.69) is 30.2 Å². The summed E-state index contributed by atoms with van der Waals surface area (Å²) in [5, 5.41) is 6.44. The van der Waals surface area contributed by atoms with Gasteiger partial charge in [0.25, 0.3) is 0 Å². The summed E-state index contributed by atoms with van der Waals surface area (Å²) in [6, 6.07) is 15.6. The largest absolute Gasteiger partial charge is 0.573 e. The van der Waals surface area contributed by atoms with Crippen LogP contribution in [0.25, 0.3) is 11.3 Å². The van der Waals surface area contributed by atoms with Crippen molar-refractivity contribution in [3.05, 3.63) is 60.2 Å². The highest BCUT2D eigenvalue weighted by Crippen LogP contribution is 2.29. The SMILES string of the molecule is Cc1cc(OC(F)(F)F)ccc1Nc1cc(-c2ccccc2)nc(NCCCN(C)C)n1. The highest BCUT2D eigenvalue weighted by molar-refractivity contribution is 5.68. The van der Waals surface area contributed by atoms with Crippen molar-refractivity contribution in [2.75, 3.05) is 37.8 Å². The van der Waals surface area contributed by atoms with Gasteiger partial charge in [0.1, 0.15) is 11.6 Å². The lowest BCUT2D eigenvalue weighted by atomic mass is 10.1. The lowest BCUT2D eigenvalue weighted by Crippen LogP contribution is -2.17. The number of aryl methyl sites for hydroxylation is 1. The number of aromatic nitrogens is 2. The third-order valence-corrected chi connectivity index (χ3v) is 4.56.